The van der Waals surface area contributed by atoms with Gasteiger partial charge in [-0.25, -0.2) is 0 Å². The third-order valence-corrected chi connectivity index (χ3v) is 4.71. The molecule has 0 spiro atoms. The molecule has 0 bridgehead atoms. The Kier molecular flexibility index (Phi) is 8.88. The average molecular weight is 410 g/mol. The van der Waals surface area contributed by atoms with E-state index in [9.17, 15) is 5.11 Å². The van der Waals surface area contributed by atoms with Gasteiger partial charge in [0.2, 0.25) is 0 Å². The molecule has 0 radical (unpaired) electrons. The Morgan fingerprint density at radius 1 is 1.07 bits per heavy atom. The van der Waals surface area contributed by atoms with Gasteiger partial charge >= 0.3 is 0 Å². The topological polar surface area (TPSA) is 59.8 Å². The maximum absolute atomic E-state index is 9.59. The van der Waals surface area contributed by atoms with Crippen LogP contribution in [-0.4, -0.2) is 53.5 Å². The molecule has 0 saturated carbocycles. The average Bonchev–Trinajstić information content (AvgIpc) is 2.69. The van der Waals surface area contributed by atoms with Crippen molar-refractivity contribution in [2.45, 2.75) is 12.8 Å². The van der Waals surface area contributed by atoms with Crippen molar-refractivity contribution in [2.24, 2.45) is 0 Å². The van der Waals surface area contributed by atoms with E-state index in [-0.39, 0.29) is 5.75 Å². The Hall–Kier alpha value is -1.79. The molecule has 2 N–H and O–H groups in total. The van der Waals surface area contributed by atoms with E-state index in [2.05, 4.69) is 74.6 Å². The molecule has 146 valence electrons. The number of hydrogen-bond donors (Lipinski definition) is 2. The maximum Gasteiger partial charge on any atom is 0.128 e. The SMILES string of the molecule is CC(CN1CCN(C(=N)c2cccc(O)c2)CC1)c1ccccc1.ClOCl. The van der Waals surface area contributed by atoms with Crippen LogP contribution in [-0.2, 0) is 3.84 Å². The normalized spacial score (nSPS) is 15.6. The van der Waals surface area contributed by atoms with Crippen LogP contribution in [0.3, 0.4) is 0 Å². The Morgan fingerprint density at radius 3 is 2.30 bits per heavy atom. The Labute approximate surface area is 170 Å². The van der Waals surface area contributed by atoms with Gasteiger partial charge in [0.25, 0.3) is 0 Å². The van der Waals surface area contributed by atoms with E-state index in [1.165, 1.54) is 5.56 Å². The Morgan fingerprint density at radius 2 is 1.70 bits per heavy atom. The van der Waals surface area contributed by atoms with E-state index >= 15 is 0 Å². The van der Waals surface area contributed by atoms with Gasteiger partial charge in [-0.1, -0.05) is 49.4 Å². The molecule has 1 saturated heterocycles. The maximum atomic E-state index is 9.59. The van der Waals surface area contributed by atoms with Crippen molar-refractivity contribution in [2.75, 3.05) is 32.7 Å². The van der Waals surface area contributed by atoms with Crippen molar-refractivity contribution < 1.29 is 8.95 Å². The molecule has 3 rings (SSSR count). The molecule has 1 aliphatic rings. The van der Waals surface area contributed by atoms with Gasteiger partial charge in [0.05, 0.1) is 23.7 Å². The fourth-order valence-corrected chi connectivity index (χ4v) is 3.26. The van der Waals surface area contributed by atoms with Gasteiger partial charge in [0.1, 0.15) is 11.6 Å². The fraction of sp³-hybridized carbons (Fsp3) is 0.350. The van der Waals surface area contributed by atoms with Crippen LogP contribution in [0, 0.1) is 5.41 Å². The number of amidine groups is 1. The number of hydrogen-bond acceptors (Lipinski definition) is 4. The predicted octanol–water partition coefficient (Wildman–Crippen LogP) is 4.45. The van der Waals surface area contributed by atoms with Crippen LogP contribution in [0.15, 0.2) is 54.6 Å². The second kappa shape index (κ2) is 11.1. The number of benzene rings is 2. The van der Waals surface area contributed by atoms with Gasteiger partial charge in [-0.3, -0.25) is 10.3 Å². The summed E-state index contributed by atoms with van der Waals surface area (Å²) in [5.41, 5.74) is 2.16. The standard InChI is InChI=1S/C20H25N3O.Cl2O/c1-16(17-6-3-2-4-7-17)15-22-10-12-23(13-11-22)20(21)18-8-5-9-19(24)14-18;1-3-2/h2-9,14,16,21,24H,10-13,15H2,1H3;. The molecule has 0 aliphatic carbocycles. The minimum atomic E-state index is 0.215. The summed E-state index contributed by atoms with van der Waals surface area (Å²) >= 11 is 8.53. The summed E-state index contributed by atoms with van der Waals surface area (Å²) in [5, 5.41) is 17.9. The van der Waals surface area contributed by atoms with E-state index < -0.39 is 0 Å². The van der Waals surface area contributed by atoms with Crippen LogP contribution in [0.1, 0.15) is 24.0 Å². The lowest BCUT2D eigenvalue weighted by Gasteiger charge is -2.37. The van der Waals surface area contributed by atoms with E-state index in [0.29, 0.717) is 11.8 Å². The summed E-state index contributed by atoms with van der Waals surface area (Å²) in [6, 6.07) is 17.6. The molecular weight excluding hydrogens is 385 g/mol. The number of rotatable bonds is 4. The molecule has 2 aromatic carbocycles. The molecule has 2 aromatic rings. The molecule has 1 unspecified atom stereocenters. The first kappa shape index (κ1) is 21.5. The minimum absolute atomic E-state index is 0.215. The summed E-state index contributed by atoms with van der Waals surface area (Å²) in [6.07, 6.45) is 0. The van der Waals surface area contributed by atoms with Crippen molar-refractivity contribution in [1.82, 2.24) is 9.80 Å². The first-order valence-corrected chi connectivity index (χ1v) is 9.46. The highest BCUT2D eigenvalue weighted by atomic mass is 35.6. The van der Waals surface area contributed by atoms with Gasteiger partial charge in [0.15, 0.2) is 0 Å². The molecule has 27 heavy (non-hydrogen) atoms. The number of halogens is 2. The summed E-state index contributed by atoms with van der Waals surface area (Å²) in [4.78, 5) is 4.57. The van der Waals surface area contributed by atoms with Crippen LogP contribution in [0.25, 0.3) is 0 Å². The van der Waals surface area contributed by atoms with Gasteiger partial charge < -0.3 is 10.0 Å². The monoisotopic (exact) mass is 409 g/mol. The summed E-state index contributed by atoms with van der Waals surface area (Å²) in [5.74, 6) is 1.23. The molecular formula is C20H25Cl2N3O2. The van der Waals surface area contributed by atoms with Crippen molar-refractivity contribution in [3.63, 3.8) is 0 Å². The van der Waals surface area contributed by atoms with E-state index in [0.717, 1.165) is 38.3 Å². The number of piperazine rings is 1. The number of nitrogens with zero attached hydrogens (tertiary/aromatic N) is 2. The summed E-state index contributed by atoms with van der Waals surface area (Å²) < 4.78 is 3.19. The highest BCUT2D eigenvalue weighted by Crippen LogP contribution is 2.18. The zero-order valence-corrected chi connectivity index (χ0v) is 16.8. The number of phenolic OH excluding ortho intramolecular Hbond substituents is 1. The van der Waals surface area contributed by atoms with Gasteiger partial charge in [0, 0.05) is 38.3 Å². The highest BCUT2D eigenvalue weighted by Gasteiger charge is 2.21. The van der Waals surface area contributed by atoms with Gasteiger partial charge in [-0.2, -0.15) is 3.84 Å². The fourth-order valence-electron chi connectivity index (χ4n) is 3.26. The van der Waals surface area contributed by atoms with Crippen LogP contribution < -0.4 is 0 Å². The van der Waals surface area contributed by atoms with Crippen molar-refractivity contribution in [1.29, 1.82) is 5.41 Å². The van der Waals surface area contributed by atoms with Crippen LogP contribution in [0.4, 0.5) is 0 Å². The molecule has 1 atom stereocenters. The lowest BCUT2D eigenvalue weighted by molar-refractivity contribution is 0.175. The summed E-state index contributed by atoms with van der Waals surface area (Å²) in [7, 11) is 0. The third kappa shape index (κ3) is 6.70. The van der Waals surface area contributed by atoms with Crippen LogP contribution in [0.2, 0.25) is 0 Å². The first-order valence-electron chi connectivity index (χ1n) is 8.84. The number of aromatic hydroxyl groups is 1. The Bertz CT molecular complexity index is 707. The molecule has 1 fully saturated rings. The zero-order chi connectivity index (χ0) is 19.6. The van der Waals surface area contributed by atoms with Crippen molar-refractivity contribution in [3.05, 3.63) is 65.7 Å². The highest BCUT2D eigenvalue weighted by molar-refractivity contribution is 6.24. The molecule has 0 amide bonds. The Balaban J connectivity index is 0.000000817. The smallest absolute Gasteiger partial charge is 0.128 e. The minimum Gasteiger partial charge on any atom is -0.508 e. The van der Waals surface area contributed by atoms with Gasteiger partial charge in [-0.15, -0.1) is 0 Å². The number of phenols is 1. The zero-order valence-electron chi connectivity index (χ0n) is 15.3. The number of nitrogens with one attached hydrogen (secondary N) is 1. The quantitative estimate of drug-likeness (QED) is 0.578. The van der Waals surface area contributed by atoms with Crippen molar-refractivity contribution >= 4 is 29.6 Å². The van der Waals surface area contributed by atoms with Crippen LogP contribution in [0.5, 0.6) is 5.75 Å². The lowest BCUT2D eigenvalue weighted by atomic mass is 10.0. The lowest BCUT2D eigenvalue weighted by Crippen LogP contribution is -2.49. The largest absolute Gasteiger partial charge is 0.508 e. The molecule has 5 nitrogen and oxygen atoms in total. The summed E-state index contributed by atoms with van der Waals surface area (Å²) in [6.45, 7) is 6.98. The molecule has 0 aromatic heterocycles. The van der Waals surface area contributed by atoms with E-state index in [4.69, 9.17) is 5.41 Å². The molecule has 1 aliphatic heterocycles. The van der Waals surface area contributed by atoms with Crippen LogP contribution >= 0.6 is 23.7 Å². The van der Waals surface area contributed by atoms with E-state index in [1.54, 1.807) is 18.2 Å². The second-order valence-electron chi connectivity index (χ2n) is 6.56. The first-order chi connectivity index (χ1) is 13.0. The van der Waals surface area contributed by atoms with E-state index in [1.807, 2.05) is 6.07 Å². The van der Waals surface area contributed by atoms with Crippen molar-refractivity contribution in [3.8, 4) is 5.75 Å². The second-order valence-corrected chi connectivity index (χ2v) is 7.02. The van der Waals surface area contributed by atoms with Gasteiger partial charge in [-0.05, 0) is 23.6 Å². The molecule has 7 heteroatoms. The predicted molar refractivity (Wildman–Crippen MR) is 111 cm³/mol. The molecule has 1 heterocycles. The third-order valence-electron chi connectivity index (χ3n) is 4.71.